The molecule has 0 bridgehead atoms. The molecule has 1 heterocycles. The number of benzene rings is 1. The van der Waals surface area contributed by atoms with Gasteiger partial charge >= 0.3 is 0 Å². The molecular formula is C10H9FN2O. The number of aromatic amines is 1. The Morgan fingerprint density at radius 1 is 1.36 bits per heavy atom. The van der Waals surface area contributed by atoms with E-state index in [2.05, 4.69) is 10.2 Å². The number of aromatic hydroxyl groups is 1. The molecule has 3 nitrogen and oxygen atoms in total. The molecule has 0 saturated heterocycles. The smallest absolute Gasteiger partial charge is 0.136 e. The normalized spacial score (nSPS) is 10.4. The van der Waals surface area contributed by atoms with Gasteiger partial charge in [-0.25, -0.2) is 4.39 Å². The molecule has 14 heavy (non-hydrogen) atoms. The van der Waals surface area contributed by atoms with Crippen LogP contribution < -0.4 is 0 Å². The Labute approximate surface area is 80.2 Å². The summed E-state index contributed by atoms with van der Waals surface area (Å²) >= 11 is 0. The van der Waals surface area contributed by atoms with E-state index in [1.165, 1.54) is 12.1 Å². The summed E-state index contributed by atoms with van der Waals surface area (Å²) in [5.41, 5.74) is 1.79. The van der Waals surface area contributed by atoms with Crippen molar-refractivity contribution in [2.75, 3.05) is 0 Å². The fourth-order valence-electron chi connectivity index (χ4n) is 1.27. The fourth-order valence-corrected chi connectivity index (χ4v) is 1.27. The van der Waals surface area contributed by atoms with E-state index in [0.29, 0.717) is 11.3 Å². The van der Waals surface area contributed by atoms with Gasteiger partial charge in [-0.3, -0.25) is 5.10 Å². The van der Waals surface area contributed by atoms with Gasteiger partial charge in [0.15, 0.2) is 0 Å². The maximum atomic E-state index is 13.3. The lowest BCUT2D eigenvalue weighted by Crippen LogP contribution is -1.83. The lowest BCUT2D eigenvalue weighted by molar-refractivity contribution is 0.469. The van der Waals surface area contributed by atoms with Crippen LogP contribution in [0.2, 0.25) is 0 Å². The van der Waals surface area contributed by atoms with Crippen LogP contribution in [0.3, 0.4) is 0 Å². The summed E-state index contributed by atoms with van der Waals surface area (Å²) in [5.74, 6) is -0.560. The maximum Gasteiger partial charge on any atom is 0.136 e. The minimum absolute atomic E-state index is 0.0847. The summed E-state index contributed by atoms with van der Waals surface area (Å²) in [4.78, 5) is 0. The highest BCUT2D eigenvalue weighted by molar-refractivity contribution is 5.61. The van der Waals surface area contributed by atoms with Crippen LogP contribution in [0, 0.1) is 12.7 Å². The first-order valence-electron chi connectivity index (χ1n) is 4.18. The number of H-pyrrole nitrogens is 1. The zero-order valence-electron chi connectivity index (χ0n) is 7.58. The van der Waals surface area contributed by atoms with E-state index in [1.54, 1.807) is 6.07 Å². The Kier molecular flexibility index (Phi) is 1.96. The van der Waals surface area contributed by atoms with E-state index in [0.717, 1.165) is 11.8 Å². The molecule has 2 aromatic rings. The third kappa shape index (κ3) is 1.46. The van der Waals surface area contributed by atoms with Crippen molar-refractivity contribution in [1.82, 2.24) is 10.2 Å². The second kappa shape index (κ2) is 3.14. The number of nitrogens with one attached hydrogen (secondary N) is 1. The van der Waals surface area contributed by atoms with Crippen molar-refractivity contribution in [2.24, 2.45) is 0 Å². The predicted molar refractivity (Wildman–Crippen MR) is 50.4 cm³/mol. The molecule has 72 valence electrons. The maximum absolute atomic E-state index is 13.3. The molecule has 4 heteroatoms. The standard InChI is InChI=1S/C10H9FN2O/c1-6-4-10(13-12-6)8-3-2-7(14)5-9(8)11/h2-5,14H,1H3,(H,12,13). The number of rotatable bonds is 1. The zero-order chi connectivity index (χ0) is 10.1. The molecule has 0 saturated carbocycles. The van der Waals surface area contributed by atoms with Crippen molar-refractivity contribution >= 4 is 0 Å². The average Bonchev–Trinajstić information content (AvgIpc) is 2.51. The molecule has 0 amide bonds. The minimum atomic E-state index is -0.475. The monoisotopic (exact) mass is 192 g/mol. The fraction of sp³-hybridized carbons (Fsp3) is 0.100. The topological polar surface area (TPSA) is 48.9 Å². The van der Waals surface area contributed by atoms with Gasteiger partial charge in [0.2, 0.25) is 0 Å². The molecule has 0 radical (unpaired) electrons. The number of halogens is 1. The van der Waals surface area contributed by atoms with E-state index >= 15 is 0 Å². The first-order chi connectivity index (χ1) is 6.66. The molecule has 0 aliphatic rings. The number of hydrogen-bond acceptors (Lipinski definition) is 2. The molecule has 0 aliphatic heterocycles. The molecular weight excluding hydrogens is 183 g/mol. The number of hydrogen-bond donors (Lipinski definition) is 2. The molecule has 2 rings (SSSR count). The van der Waals surface area contributed by atoms with Gasteiger partial charge in [0.05, 0.1) is 5.69 Å². The van der Waals surface area contributed by atoms with Gasteiger partial charge in [-0.2, -0.15) is 5.10 Å². The number of aryl methyl sites for hydroxylation is 1. The molecule has 1 aromatic carbocycles. The molecule has 0 spiro atoms. The Balaban J connectivity index is 2.52. The Morgan fingerprint density at radius 2 is 2.14 bits per heavy atom. The molecule has 0 atom stereocenters. The third-order valence-corrected chi connectivity index (χ3v) is 1.93. The minimum Gasteiger partial charge on any atom is -0.508 e. The van der Waals surface area contributed by atoms with Crippen molar-refractivity contribution in [3.63, 3.8) is 0 Å². The quantitative estimate of drug-likeness (QED) is 0.727. The number of phenols is 1. The van der Waals surface area contributed by atoms with Crippen LogP contribution in [-0.4, -0.2) is 15.3 Å². The van der Waals surface area contributed by atoms with Crippen LogP contribution in [-0.2, 0) is 0 Å². The van der Waals surface area contributed by atoms with Crippen molar-refractivity contribution in [1.29, 1.82) is 0 Å². The van der Waals surface area contributed by atoms with Crippen LogP contribution in [0.25, 0.3) is 11.3 Å². The van der Waals surface area contributed by atoms with Crippen LogP contribution in [0.1, 0.15) is 5.69 Å². The first kappa shape index (κ1) is 8.74. The lowest BCUT2D eigenvalue weighted by atomic mass is 10.1. The van der Waals surface area contributed by atoms with Gasteiger partial charge < -0.3 is 5.11 Å². The average molecular weight is 192 g/mol. The van der Waals surface area contributed by atoms with Crippen molar-refractivity contribution in [3.8, 4) is 17.0 Å². The Hall–Kier alpha value is -1.84. The summed E-state index contributed by atoms with van der Waals surface area (Å²) in [6.07, 6.45) is 0. The lowest BCUT2D eigenvalue weighted by Gasteiger charge is -1.98. The molecule has 1 aromatic heterocycles. The van der Waals surface area contributed by atoms with Crippen LogP contribution >= 0.6 is 0 Å². The largest absolute Gasteiger partial charge is 0.508 e. The SMILES string of the molecule is Cc1cc(-c2ccc(O)cc2F)n[nH]1. The van der Waals surface area contributed by atoms with E-state index in [4.69, 9.17) is 5.11 Å². The van der Waals surface area contributed by atoms with Crippen molar-refractivity contribution in [3.05, 3.63) is 35.8 Å². The van der Waals surface area contributed by atoms with Gasteiger partial charge in [0.1, 0.15) is 11.6 Å². The predicted octanol–water partition coefficient (Wildman–Crippen LogP) is 2.23. The van der Waals surface area contributed by atoms with E-state index in [9.17, 15) is 4.39 Å². The molecule has 2 N–H and O–H groups in total. The Bertz CT molecular complexity index is 465. The van der Waals surface area contributed by atoms with E-state index in [1.807, 2.05) is 6.92 Å². The summed E-state index contributed by atoms with van der Waals surface area (Å²) in [5, 5.41) is 15.7. The van der Waals surface area contributed by atoms with Gasteiger partial charge in [0, 0.05) is 17.3 Å². The van der Waals surface area contributed by atoms with Gasteiger partial charge in [-0.1, -0.05) is 0 Å². The number of nitrogens with zero attached hydrogens (tertiary/aromatic N) is 1. The van der Waals surface area contributed by atoms with Crippen molar-refractivity contribution in [2.45, 2.75) is 6.92 Å². The van der Waals surface area contributed by atoms with E-state index < -0.39 is 5.82 Å². The van der Waals surface area contributed by atoms with Gasteiger partial charge in [-0.15, -0.1) is 0 Å². The number of phenolic OH excluding ortho intramolecular Hbond substituents is 1. The summed E-state index contributed by atoms with van der Waals surface area (Å²) < 4.78 is 13.3. The third-order valence-electron chi connectivity index (χ3n) is 1.93. The van der Waals surface area contributed by atoms with Crippen molar-refractivity contribution < 1.29 is 9.50 Å². The zero-order valence-corrected chi connectivity index (χ0v) is 7.58. The first-order valence-corrected chi connectivity index (χ1v) is 4.18. The highest BCUT2D eigenvalue weighted by Crippen LogP contribution is 2.24. The summed E-state index contributed by atoms with van der Waals surface area (Å²) in [7, 11) is 0. The van der Waals surface area contributed by atoms with Crippen LogP contribution in [0.5, 0.6) is 5.75 Å². The highest BCUT2D eigenvalue weighted by Gasteiger charge is 2.08. The Morgan fingerprint density at radius 3 is 2.71 bits per heavy atom. The number of aromatic nitrogens is 2. The second-order valence-corrected chi connectivity index (χ2v) is 3.10. The summed E-state index contributed by atoms with van der Waals surface area (Å²) in [6, 6.07) is 5.75. The van der Waals surface area contributed by atoms with Crippen LogP contribution in [0.4, 0.5) is 4.39 Å². The molecule has 0 unspecified atom stereocenters. The molecule has 0 fully saturated rings. The van der Waals surface area contributed by atoms with Crippen LogP contribution in [0.15, 0.2) is 24.3 Å². The molecule has 0 aliphatic carbocycles. The van der Waals surface area contributed by atoms with Gasteiger partial charge in [0.25, 0.3) is 0 Å². The second-order valence-electron chi connectivity index (χ2n) is 3.10. The van der Waals surface area contributed by atoms with E-state index in [-0.39, 0.29) is 5.75 Å². The van der Waals surface area contributed by atoms with Gasteiger partial charge in [-0.05, 0) is 25.1 Å². The highest BCUT2D eigenvalue weighted by atomic mass is 19.1. The summed E-state index contributed by atoms with van der Waals surface area (Å²) in [6.45, 7) is 1.84.